The van der Waals surface area contributed by atoms with Gasteiger partial charge in [0.15, 0.2) is 0 Å². The standard InChI is InChI=1S/C109H106N2O2/c1-5-9-13-17-39-65-106(66-40-18-14-10-6-2)89-54-36-33-51-83(89)100-101-86-53-35-38-56-96(86)113-105(101)102-84-60-58-80(71-91(84)107(104(102)103(100)106,67-41-19-15-11-7-3)68-42-20-16-12-8-4)111(79-63-69-110-70-64-79)81-57-59-82-87-73-94-88(74-93(87)109(92(82)72-81,77-47-29-23-30-48-77)78-49-31-24-32-50-78)98-90(61-62-97-99(98)85-52-34-37-55-95(85)112-97)108(94,75-43-25-21-26-44-75)76-45-27-22-28-46-76/h21-38,43-64,69-74H,5-20,39-42,65-68H2,1-4H3. The number of unbranched alkanes of at least 4 members (excludes halogenated alkanes) is 16. The van der Waals surface area contributed by atoms with Crippen LogP contribution in [0.4, 0.5) is 17.1 Å². The maximum atomic E-state index is 7.71. The van der Waals surface area contributed by atoms with Gasteiger partial charge >= 0.3 is 0 Å². The van der Waals surface area contributed by atoms with Gasteiger partial charge in [0, 0.05) is 67.4 Å². The molecule has 113 heavy (non-hydrogen) atoms. The normalized spacial score (nSPS) is 14.6. The van der Waals surface area contributed by atoms with Gasteiger partial charge in [0.05, 0.1) is 10.8 Å². The molecule has 0 N–H and O–H groups in total. The minimum Gasteiger partial charge on any atom is -0.456 e. The summed E-state index contributed by atoms with van der Waals surface area (Å²) >= 11 is 0. The van der Waals surface area contributed by atoms with Crippen LogP contribution in [0.3, 0.4) is 0 Å². The lowest BCUT2D eigenvalue weighted by atomic mass is 9.62. The molecule has 0 radical (unpaired) electrons. The molecular weight excluding hydrogens is 1370 g/mol. The van der Waals surface area contributed by atoms with E-state index in [4.69, 9.17) is 13.8 Å². The van der Waals surface area contributed by atoms with Gasteiger partial charge in [0.25, 0.3) is 0 Å². The molecule has 19 rings (SSSR count). The highest BCUT2D eigenvalue weighted by molar-refractivity contribution is 6.21. The van der Waals surface area contributed by atoms with Gasteiger partial charge in [-0.3, -0.25) is 4.98 Å². The Morgan fingerprint density at radius 1 is 0.274 bits per heavy atom. The molecule has 4 heteroatoms. The lowest BCUT2D eigenvalue weighted by Gasteiger charge is -2.40. The molecule has 564 valence electrons. The van der Waals surface area contributed by atoms with Crippen molar-refractivity contribution in [2.45, 2.75) is 203 Å². The highest BCUT2D eigenvalue weighted by Gasteiger charge is 2.56. The minimum absolute atomic E-state index is 0.176. The van der Waals surface area contributed by atoms with Crippen LogP contribution in [0.5, 0.6) is 0 Å². The molecule has 0 saturated heterocycles. The molecule has 15 aromatic rings. The first-order valence-corrected chi connectivity index (χ1v) is 43.4. The van der Waals surface area contributed by atoms with Gasteiger partial charge in [0.2, 0.25) is 0 Å². The van der Waals surface area contributed by atoms with Crippen LogP contribution in [0, 0.1) is 0 Å². The zero-order valence-corrected chi connectivity index (χ0v) is 66.7. The molecule has 0 bridgehead atoms. The Balaban J connectivity index is 0.875. The zero-order valence-electron chi connectivity index (χ0n) is 66.7. The van der Waals surface area contributed by atoms with Crippen LogP contribution >= 0.6 is 0 Å². The highest BCUT2D eigenvalue weighted by Crippen LogP contribution is 2.69. The summed E-state index contributed by atoms with van der Waals surface area (Å²) in [5, 5.41) is 4.84. The Morgan fingerprint density at radius 2 is 0.690 bits per heavy atom. The summed E-state index contributed by atoms with van der Waals surface area (Å²) in [5.74, 6) is 0. The smallest absolute Gasteiger partial charge is 0.144 e. The molecule has 4 nitrogen and oxygen atoms in total. The van der Waals surface area contributed by atoms with Crippen LogP contribution in [0.15, 0.2) is 288 Å². The SMILES string of the molecule is CCCCCCCC1(CCCCCCC)c2cc(N(c3ccncc3)c3ccc4c(c3)C(c3ccccc3)(c3ccccc3)c3cc5c(cc3-4)C(c3ccccc3)(c3ccccc3)c3ccc4oc6ccccc6c4c3-5)ccc2-c2c1c1c(c3c2oc2ccccc23)-c2ccccc2C1(CCCCCCC)CCCCCCC. The summed E-state index contributed by atoms with van der Waals surface area (Å²) in [5.41, 5.74) is 32.1. The molecular formula is C109H106N2O2. The summed E-state index contributed by atoms with van der Waals surface area (Å²) in [6, 6.07) is 103. The predicted octanol–water partition coefficient (Wildman–Crippen LogP) is 31.1. The first-order valence-electron chi connectivity index (χ1n) is 43.4. The van der Waals surface area contributed by atoms with Gasteiger partial charge in [-0.2, -0.15) is 0 Å². The number of para-hydroxylation sites is 2. The number of anilines is 3. The number of pyridine rings is 1. The van der Waals surface area contributed by atoms with Crippen LogP contribution in [0.1, 0.15) is 249 Å². The van der Waals surface area contributed by atoms with Crippen LogP contribution < -0.4 is 4.90 Å². The fraction of sp³-hybridized carbons (Fsp3) is 0.294. The molecule has 0 atom stereocenters. The van der Waals surface area contributed by atoms with E-state index in [1.807, 2.05) is 12.4 Å². The number of furan rings is 2. The van der Waals surface area contributed by atoms with Gasteiger partial charge in [-0.1, -0.05) is 356 Å². The summed E-state index contributed by atoms with van der Waals surface area (Å²) in [7, 11) is 0. The zero-order chi connectivity index (χ0) is 76.1. The third-order valence-electron chi connectivity index (χ3n) is 27.3. The monoisotopic (exact) mass is 1470 g/mol. The molecule has 0 amide bonds. The van der Waals surface area contributed by atoms with E-state index >= 15 is 0 Å². The molecule has 0 spiro atoms. The Kier molecular flexibility index (Phi) is 19.6. The van der Waals surface area contributed by atoms with Gasteiger partial charge < -0.3 is 13.7 Å². The van der Waals surface area contributed by atoms with Crippen LogP contribution in [0.25, 0.3) is 88.4 Å². The van der Waals surface area contributed by atoms with Gasteiger partial charge in [-0.25, -0.2) is 0 Å². The van der Waals surface area contributed by atoms with E-state index < -0.39 is 10.8 Å². The van der Waals surface area contributed by atoms with Crippen molar-refractivity contribution < 1.29 is 8.83 Å². The molecule has 3 aromatic heterocycles. The van der Waals surface area contributed by atoms with Crippen molar-refractivity contribution in [3.05, 3.63) is 346 Å². The van der Waals surface area contributed by atoms with Crippen LogP contribution in [-0.2, 0) is 21.7 Å². The van der Waals surface area contributed by atoms with Gasteiger partial charge in [-0.05, 0) is 198 Å². The van der Waals surface area contributed by atoms with Crippen molar-refractivity contribution in [2.24, 2.45) is 0 Å². The maximum Gasteiger partial charge on any atom is 0.144 e. The van der Waals surface area contributed by atoms with E-state index in [1.165, 1.54) is 221 Å². The van der Waals surface area contributed by atoms with Crippen molar-refractivity contribution >= 4 is 60.9 Å². The second-order valence-electron chi connectivity index (χ2n) is 33.5. The van der Waals surface area contributed by atoms with Crippen molar-refractivity contribution in [1.82, 2.24) is 4.98 Å². The number of aromatic nitrogens is 1. The lowest BCUT2D eigenvalue weighted by Crippen LogP contribution is -2.33. The number of nitrogens with zero attached hydrogens (tertiary/aromatic N) is 2. The summed E-state index contributed by atoms with van der Waals surface area (Å²) in [6.45, 7) is 9.48. The fourth-order valence-corrected chi connectivity index (χ4v) is 22.4. The minimum atomic E-state index is -0.780. The van der Waals surface area contributed by atoms with Crippen molar-refractivity contribution in [3.63, 3.8) is 0 Å². The third kappa shape index (κ3) is 11.6. The number of hydrogen-bond acceptors (Lipinski definition) is 4. The quantitative estimate of drug-likeness (QED) is 0.0406. The Labute approximate surface area is 669 Å². The first-order chi connectivity index (χ1) is 55.9. The number of hydrogen-bond donors (Lipinski definition) is 0. The molecule has 3 heterocycles. The number of benzene rings is 12. The molecule has 0 aliphatic heterocycles. The third-order valence-corrected chi connectivity index (χ3v) is 27.3. The van der Waals surface area contributed by atoms with Gasteiger partial charge in [-0.15, -0.1) is 0 Å². The van der Waals surface area contributed by atoms with Gasteiger partial charge in [0.1, 0.15) is 22.3 Å². The molecule has 4 aliphatic rings. The second kappa shape index (κ2) is 30.6. The molecule has 0 fully saturated rings. The molecule has 12 aromatic carbocycles. The topological polar surface area (TPSA) is 42.4 Å². The van der Waals surface area contributed by atoms with Crippen LogP contribution in [0.2, 0.25) is 0 Å². The summed E-state index contributed by atoms with van der Waals surface area (Å²) < 4.78 is 14.6. The van der Waals surface area contributed by atoms with Crippen LogP contribution in [-0.4, -0.2) is 4.98 Å². The maximum absolute atomic E-state index is 7.71. The van der Waals surface area contributed by atoms with E-state index in [0.29, 0.717) is 0 Å². The molecule has 0 unspecified atom stereocenters. The van der Waals surface area contributed by atoms with E-state index in [-0.39, 0.29) is 10.8 Å². The predicted molar refractivity (Wildman–Crippen MR) is 474 cm³/mol. The Hall–Kier alpha value is -10.8. The molecule has 0 saturated carbocycles. The number of fused-ring (bicyclic) bond motifs is 22. The lowest BCUT2D eigenvalue weighted by molar-refractivity contribution is 0.369. The van der Waals surface area contributed by atoms with E-state index in [1.54, 1.807) is 16.7 Å². The summed E-state index contributed by atoms with van der Waals surface area (Å²) in [4.78, 5) is 7.39. The van der Waals surface area contributed by atoms with E-state index in [2.05, 4.69) is 300 Å². The number of rotatable bonds is 31. The average Bonchev–Trinajstić information content (AvgIpc) is 1.50. The first kappa shape index (κ1) is 72.4. The Morgan fingerprint density at radius 3 is 1.24 bits per heavy atom. The van der Waals surface area contributed by atoms with Crippen molar-refractivity contribution in [3.8, 4) is 44.5 Å². The average molecular weight is 1480 g/mol. The van der Waals surface area contributed by atoms with Crippen molar-refractivity contribution in [1.29, 1.82) is 0 Å². The summed E-state index contributed by atoms with van der Waals surface area (Å²) in [6.07, 6.45) is 33.3. The van der Waals surface area contributed by atoms with E-state index in [9.17, 15) is 0 Å². The molecule has 4 aliphatic carbocycles. The van der Waals surface area contributed by atoms with E-state index in [0.717, 1.165) is 88.7 Å². The highest BCUT2D eigenvalue weighted by atomic mass is 16.3. The largest absolute Gasteiger partial charge is 0.456 e. The Bertz CT molecular complexity index is 5860. The second-order valence-corrected chi connectivity index (χ2v) is 33.5. The van der Waals surface area contributed by atoms with Crippen molar-refractivity contribution in [2.75, 3.05) is 4.90 Å². The fourth-order valence-electron chi connectivity index (χ4n) is 22.4.